The number of amides is 1. The van der Waals surface area contributed by atoms with E-state index in [1.807, 2.05) is 35.8 Å². The number of hydrogen-bond donors (Lipinski definition) is 1. The molecule has 0 radical (unpaired) electrons. The highest BCUT2D eigenvalue weighted by Gasteiger charge is 2.16. The molecule has 3 aromatic rings. The molecule has 0 atom stereocenters. The number of halogens is 2. The van der Waals surface area contributed by atoms with Crippen LogP contribution in [0.2, 0.25) is 5.02 Å². The second kappa shape index (κ2) is 8.70. The molecule has 0 spiro atoms. The van der Waals surface area contributed by atoms with Gasteiger partial charge in [0.1, 0.15) is 0 Å². The highest BCUT2D eigenvalue weighted by molar-refractivity contribution is 9.10. The number of rotatable bonds is 6. The van der Waals surface area contributed by atoms with Crippen LogP contribution < -0.4 is 5.32 Å². The molecule has 3 rings (SSSR count). The third-order valence-corrected chi connectivity index (χ3v) is 5.52. The maximum Gasteiger partial charge on any atom is 0.234 e. The Morgan fingerprint density at radius 3 is 2.62 bits per heavy atom. The van der Waals surface area contributed by atoms with Gasteiger partial charge in [-0.05, 0) is 37.3 Å². The van der Waals surface area contributed by atoms with Gasteiger partial charge >= 0.3 is 0 Å². The van der Waals surface area contributed by atoms with Gasteiger partial charge in [-0.15, -0.1) is 10.2 Å². The lowest BCUT2D eigenvalue weighted by Gasteiger charge is -2.09. The summed E-state index contributed by atoms with van der Waals surface area (Å²) in [6.45, 7) is 2.74. The number of aromatic nitrogens is 3. The van der Waals surface area contributed by atoms with E-state index in [2.05, 4.69) is 31.4 Å². The average Bonchev–Trinajstić information content (AvgIpc) is 3.05. The summed E-state index contributed by atoms with van der Waals surface area (Å²) in [6.07, 6.45) is 0. The summed E-state index contributed by atoms with van der Waals surface area (Å²) in [5, 5.41) is 12.7. The fourth-order valence-electron chi connectivity index (χ4n) is 2.38. The Morgan fingerprint density at radius 2 is 1.92 bits per heavy atom. The lowest BCUT2D eigenvalue weighted by atomic mass is 10.2. The van der Waals surface area contributed by atoms with Crippen LogP contribution in [0.3, 0.4) is 0 Å². The summed E-state index contributed by atoms with van der Waals surface area (Å²) in [4.78, 5) is 12.2. The van der Waals surface area contributed by atoms with Crippen LogP contribution in [0.25, 0.3) is 11.4 Å². The van der Waals surface area contributed by atoms with Gasteiger partial charge < -0.3 is 9.88 Å². The van der Waals surface area contributed by atoms with Crippen molar-refractivity contribution >= 4 is 50.9 Å². The third kappa shape index (κ3) is 4.47. The molecule has 1 aromatic heterocycles. The minimum Gasteiger partial charge on any atom is -0.325 e. The zero-order chi connectivity index (χ0) is 18.5. The number of hydrogen-bond acceptors (Lipinski definition) is 4. The van der Waals surface area contributed by atoms with Crippen LogP contribution in [0.15, 0.2) is 58.2 Å². The third-order valence-electron chi connectivity index (χ3n) is 3.61. The molecule has 0 bridgehead atoms. The molecule has 0 aliphatic rings. The van der Waals surface area contributed by atoms with E-state index in [1.165, 1.54) is 11.8 Å². The van der Waals surface area contributed by atoms with Crippen molar-refractivity contribution in [2.24, 2.45) is 0 Å². The minimum absolute atomic E-state index is 0.106. The van der Waals surface area contributed by atoms with Gasteiger partial charge in [0.05, 0.1) is 5.75 Å². The summed E-state index contributed by atoms with van der Waals surface area (Å²) in [6, 6.07) is 14.9. The number of nitrogens with one attached hydrogen (secondary N) is 1. The van der Waals surface area contributed by atoms with Crippen LogP contribution in [-0.2, 0) is 11.3 Å². The molecule has 0 fully saturated rings. The van der Waals surface area contributed by atoms with Crippen molar-refractivity contribution in [3.05, 3.63) is 58.0 Å². The van der Waals surface area contributed by atoms with Crippen molar-refractivity contribution in [3.8, 4) is 11.4 Å². The van der Waals surface area contributed by atoms with Gasteiger partial charge in [-0.2, -0.15) is 0 Å². The average molecular weight is 452 g/mol. The number of benzene rings is 2. The van der Waals surface area contributed by atoms with Gasteiger partial charge in [0, 0.05) is 27.3 Å². The van der Waals surface area contributed by atoms with Gasteiger partial charge in [0.15, 0.2) is 11.0 Å². The molecule has 8 heteroatoms. The highest BCUT2D eigenvalue weighted by atomic mass is 79.9. The second-order valence-electron chi connectivity index (χ2n) is 5.37. The van der Waals surface area contributed by atoms with Crippen molar-refractivity contribution in [1.29, 1.82) is 0 Å². The van der Waals surface area contributed by atoms with Crippen molar-refractivity contribution in [3.63, 3.8) is 0 Å². The van der Waals surface area contributed by atoms with Crippen LogP contribution >= 0.6 is 39.3 Å². The van der Waals surface area contributed by atoms with Crippen LogP contribution in [0.5, 0.6) is 0 Å². The SMILES string of the molecule is CCn1c(SCC(=O)Nc2ccc(Cl)cc2)nnc1-c1ccccc1Br. The molecular formula is C18H16BrClN4OS. The molecule has 0 aliphatic carbocycles. The second-order valence-corrected chi connectivity index (χ2v) is 7.61. The summed E-state index contributed by atoms with van der Waals surface area (Å²) >= 11 is 10.8. The van der Waals surface area contributed by atoms with Crippen LogP contribution in [0.4, 0.5) is 5.69 Å². The van der Waals surface area contributed by atoms with Crippen molar-refractivity contribution in [2.75, 3.05) is 11.1 Å². The topological polar surface area (TPSA) is 59.8 Å². The van der Waals surface area contributed by atoms with E-state index in [4.69, 9.17) is 11.6 Å². The molecule has 26 heavy (non-hydrogen) atoms. The molecule has 1 amide bonds. The Labute approximate surface area is 169 Å². The van der Waals surface area contributed by atoms with E-state index in [0.717, 1.165) is 15.9 Å². The first kappa shape index (κ1) is 18.9. The molecule has 134 valence electrons. The van der Waals surface area contributed by atoms with Gasteiger partial charge in [0.25, 0.3) is 0 Å². The monoisotopic (exact) mass is 450 g/mol. The van der Waals surface area contributed by atoms with E-state index in [9.17, 15) is 4.79 Å². The molecule has 0 unspecified atom stereocenters. The fraction of sp³-hybridized carbons (Fsp3) is 0.167. The molecule has 0 saturated carbocycles. The molecule has 2 aromatic carbocycles. The zero-order valence-electron chi connectivity index (χ0n) is 13.9. The Kier molecular flexibility index (Phi) is 6.34. The van der Waals surface area contributed by atoms with E-state index >= 15 is 0 Å². The predicted octanol–water partition coefficient (Wildman–Crippen LogP) is 5.11. The van der Waals surface area contributed by atoms with Crippen LogP contribution in [-0.4, -0.2) is 26.4 Å². The quantitative estimate of drug-likeness (QED) is 0.529. The van der Waals surface area contributed by atoms with Crippen molar-refractivity contribution < 1.29 is 4.79 Å². The first-order valence-corrected chi connectivity index (χ1v) is 10.1. The van der Waals surface area contributed by atoms with Crippen LogP contribution in [0, 0.1) is 0 Å². The minimum atomic E-state index is -0.106. The maximum atomic E-state index is 12.2. The lowest BCUT2D eigenvalue weighted by molar-refractivity contribution is -0.113. The van der Waals surface area contributed by atoms with E-state index in [1.54, 1.807) is 24.3 Å². The van der Waals surface area contributed by atoms with Gasteiger partial charge in [-0.3, -0.25) is 4.79 Å². The Hall–Kier alpha value is -1.83. The van der Waals surface area contributed by atoms with Crippen molar-refractivity contribution in [1.82, 2.24) is 14.8 Å². The van der Waals surface area contributed by atoms with E-state index in [0.29, 0.717) is 22.4 Å². The zero-order valence-corrected chi connectivity index (χ0v) is 17.1. The first-order valence-electron chi connectivity index (χ1n) is 7.94. The lowest BCUT2D eigenvalue weighted by Crippen LogP contribution is -2.14. The van der Waals surface area contributed by atoms with Crippen molar-refractivity contribution in [2.45, 2.75) is 18.6 Å². The van der Waals surface area contributed by atoms with Crippen LogP contribution in [0.1, 0.15) is 6.92 Å². The molecule has 5 nitrogen and oxygen atoms in total. The first-order chi connectivity index (χ1) is 12.6. The fourth-order valence-corrected chi connectivity index (χ4v) is 3.77. The summed E-state index contributed by atoms with van der Waals surface area (Å²) < 4.78 is 2.96. The smallest absolute Gasteiger partial charge is 0.234 e. The summed E-state index contributed by atoms with van der Waals surface area (Å²) in [5.74, 6) is 0.919. The molecule has 1 N–H and O–H groups in total. The van der Waals surface area contributed by atoms with Gasteiger partial charge in [-0.25, -0.2) is 0 Å². The Morgan fingerprint density at radius 1 is 1.19 bits per heavy atom. The summed E-state index contributed by atoms with van der Waals surface area (Å²) in [5.41, 5.74) is 1.69. The standard InChI is InChI=1S/C18H16BrClN4OS/c1-2-24-17(14-5-3-4-6-15(14)19)22-23-18(24)26-11-16(25)21-13-9-7-12(20)8-10-13/h3-10H,2,11H2,1H3,(H,21,25). The Balaban J connectivity index is 1.69. The largest absolute Gasteiger partial charge is 0.325 e. The van der Waals surface area contributed by atoms with Gasteiger partial charge in [0.2, 0.25) is 5.91 Å². The number of carbonyl (C=O) groups is 1. The Bertz CT molecular complexity index is 914. The number of nitrogens with zero attached hydrogens (tertiary/aromatic N) is 3. The molecule has 0 aliphatic heterocycles. The number of carbonyl (C=O) groups excluding carboxylic acids is 1. The molecular weight excluding hydrogens is 436 g/mol. The number of thioether (sulfide) groups is 1. The number of anilines is 1. The maximum absolute atomic E-state index is 12.2. The van der Waals surface area contributed by atoms with E-state index in [-0.39, 0.29) is 11.7 Å². The molecule has 1 heterocycles. The van der Waals surface area contributed by atoms with E-state index < -0.39 is 0 Å². The predicted molar refractivity (Wildman–Crippen MR) is 110 cm³/mol. The summed E-state index contributed by atoms with van der Waals surface area (Å²) in [7, 11) is 0. The normalized spacial score (nSPS) is 10.7. The molecule has 0 saturated heterocycles. The van der Waals surface area contributed by atoms with Gasteiger partial charge in [-0.1, -0.05) is 57.5 Å². The highest BCUT2D eigenvalue weighted by Crippen LogP contribution is 2.29.